The maximum absolute atomic E-state index is 12.4. The van der Waals surface area contributed by atoms with Crippen LogP contribution in [-0.2, 0) is 4.79 Å². The maximum Gasteiger partial charge on any atom is 0.283 e. The van der Waals surface area contributed by atoms with E-state index in [4.69, 9.17) is 13.6 Å². The molecule has 0 aliphatic heterocycles. The zero-order valence-corrected chi connectivity index (χ0v) is 17.4. The quantitative estimate of drug-likeness (QED) is 0.405. The number of amides is 1. The summed E-state index contributed by atoms with van der Waals surface area (Å²) in [4.78, 5) is 12.4. The Morgan fingerprint density at radius 1 is 1.06 bits per heavy atom. The molecule has 0 fully saturated rings. The van der Waals surface area contributed by atoms with Crippen molar-refractivity contribution >= 4 is 11.6 Å². The fourth-order valence-electron chi connectivity index (χ4n) is 3.15. The summed E-state index contributed by atoms with van der Waals surface area (Å²) < 4.78 is 16.7. The number of rotatable bonds is 8. The minimum absolute atomic E-state index is 0.0825. The summed E-state index contributed by atoms with van der Waals surface area (Å²) in [6.07, 6.45) is 2.54. The van der Waals surface area contributed by atoms with Crippen molar-refractivity contribution in [3.05, 3.63) is 72.5 Å². The van der Waals surface area contributed by atoms with Crippen LogP contribution < -0.4 is 10.1 Å². The molecule has 31 heavy (non-hydrogen) atoms. The smallest absolute Gasteiger partial charge is 0.283 e. The zero-order valence-electron chi connectivity index (χ0n) is 17.4. The van der Waals surface area contributed by atoms with Crippen LogP contribution in [0.1, 0.15) is 31.7 Å². The van der Waals surface area contributed by atoms with Crippen LogP contribution in [0.2, 0.25) is 0 Å². The van der Waals surface area contributed by atoms with E-state index < -0.39 is 0 Å². The minimum Gasteiger partial charge on any atom is -0.483 e. The third kappa shape index (κ3) is 4.83. The normalized spacial score (nSPS) is 11.8. The van der Waals surface area contributed by atoms with Crippen molar-refractivity contribution in [1.29, 1.82) is 0 Å². The molecule has 0 unspecified atom stereocenters. The molecule has 4 rings (SSSR count). The van der Waals surface area contributed by atoms with Gasteiger partial charge >= 0.3 is 0 Å². The molecule has 0 bridgehead atoms. The summed E-state index contributed by atoms with van der Waals surface area (Å²) in [5, 5.41) is 10.9. The van der Waals surface area contributed by atoms with E-state index in [1.165, 1.54) is 0 Å². The van der Waals surface area contributed by atoms with Crippen LogP contribution in [0.25, 0.3) is 23.1 Å². The number of nitrogens with zero attached hydrogens (tertiary/aromatic N) is 2. The minimum atomic E-state index is -0.252. The van der Waals surface area contributed by atoms with E-state index in [-0.39, 0.29) is 12.5 Å². The van der Waals surface area contributed by atoms with Crippen LogP contribution in [0.4, 0.5) is 5.69 Å². The first kappa shape index (κ1) is 20.4. The molecule has 7 heteroatoms. The number of benzene rings is 2. The van der Waals surface area contributed by atoms with Crippen molar-refractivity contribution in [3.63, 3.8) is 0 Å². The van der Waals surface area contributed by atoms with Crippen molar-refractivity contribution < 1.29 is 18.4 Å². The summed E-state index contributed by atoms with van der Waals surface area (Å²) in [6.45, 7) is 4.19. The molecule has 0 aliphatic rings. The van der Waals surface area contributed by atoms with Crippen LogP contribution in [0.15, 0.2) is 75.8 Å². The number of carbonyl (C=O) groups is 1. The first-order valence-electron chi connectivity index (χ1n) is 10.1. The maximum atomic E-state index is 12.4. The lowest BCUT2D eigenvalue weighted by Crippen LogP contribution is -2.20. The molecule has 1 N–H and O–H groups in total. The summed E-state index contributed by atoms with van der Waals surface area (Å²) in [5.41, 5.74) is 2.40. The van der Waals surface area contributed by atoms with Crippen LogP contribution >= 0.6 is 0 Å². The second kappa shape index (κ2) is 9.30. The van der Waals surface area contributed by atoms with E-state index in [2.05, 4.69) is 29.4 Å². The molecule has 7 nitrogen and oxygen atoms in total. The Labute approximate surface area is 180 Å². The number of para-hydroxylation sites is 1. The summed E-state index contributed by atoms with van der Waals surface area (Å²) in [7, 11) is 0. The van der Waals surface area contributed by atoms with Crippen molar-refractivity contribution in [3.8, 4) is 28.9 Å². The highest BCUT2D eigenvalue weighted by molar-refractivity contribution is 5.92. The van der Waals surface area contributed by atoms with Crippen molar-refractivity contribution in [1.82, 2.24) is 10.2 Å². The van der Waals surface area contributed by atoms with Crippen LogP contribution in [0.5, 0.6) is 5.75 Å². The van der Waals surface area contributed by atoms with E-state index >= 15 is 0 Å². The Morgan fingerprint density at radius 2 is 1.90 bits per heavy atom. The highest BCUT2D eigenvalue weighted by atomic mass is 16.5. The summed E-state index contributed by atoms with van der Waals surface area (Å²) in [5.74, 6) is 1.97. The third-order valence-electron chi connectivity index (χ3n) is 4.97. The lowest BCUT2D eigenvalue weighted by molar-refractivity contribution is -0.118. The van der Waals surface area contributed by atoms with Gasteiger partial charge in [0.15, 0.2) is 12.4 Å². The van der Waals surface area contributed by atoms with Gasteiger partial charge in [-0.15, -0.1) is 10.2 Å². The average molecular weight is 417 g/mol. The predicted octanol–water partition coefficient (Wildman–Crippen LogP) is 5.53. The topological polar surface area (TPSA) is 90.4 Å². The Hall–Kier alpha value is -3.87. The number of ether oxygens (including phenoxy) is 1. The van der Waals surface area contributed by atoms with Crippen LogP contribution in [-0.4, -0.2) is 22.7 Å². The van der Waals surface area contributed by atoms with E-state index in [0.29, 0.717) is 34.7 Å². The van der Waals surface area contributed by atoms with Gasteiger partial charge in [-0.25, -0.2) is 0 Å². The standard InChI is InChI=1S/C24H23N3O4/c1-3-16(2)19-10-4-5-11-20(19)30-15-22(28)25-18-9-6-8-17(14-18)23-26-27-24(31-23)21-12-7-13-29-21/h4-14,16H,3,15H2,1-2H3,(H,25,28)/t16-/m1/s1. The Kier molecular flexibility index (Phi) is 6.12. The van der Waals surface area contributed by atoms with E-state index in [9.17, 15) is 4.79 Å². The molecule has 1 amide bonds. The van der Waals surface area contributed by atoms with Gasteiger partial charge in [0.1, 0.15) is 5.75 Å². The van der Waals surface area contributed by atoms with Gasteiger partial charge < -0.3 is 18.9 Å². The summed E-state index contributed by atoms with van der Waals surface area (Å²) in [6, 6.07) is 18.5. The molecular weight excluding hydrogens is 394 g/mol. The first-order chi connectivity index (χ1) is 15.1. The third-order valence-corrected chi connectivity index (χ3v) is 4.97. The Bertz CT molecular complexity index is 1150. The van der Waals surface area contributed by atoms with Crippen molar-refractivity contribution in [2.75, 3.05) is 11.9 Å². The number of anilines is 1. The SMILES string of the molecule is CC[C@@H](C)c1ccccc1OCC(=O)Nc1cccc(-c2nnc(-c3ccco3)o2)c1. The van der Waals surface area contributed by atoms with Gasteiger partial charge in [0, 0.05) is 11.3 Å². The highest BCUT2D eigenvalue weighted by Gasteiger charge is 2.14. The van der Waals surface area contributed by atoms with Crippen LogP contribution in [0, 0.1) is 0 Å². The zero-order chi connectivity index (χ0) is 21.6. The van der Waals surface area contributed by atoms with Crippen molar-refractivity contribution in [2.45, 2.75) is 26.2 Å². The molecule has 2 aromatic carbocycles. The van der Waals surface area contributed by atoms with Gasteiger partial charge in [-0.3, -0.25) is 4.79 Å². The second-order valence-electron chi connectivity index (χ2n) is 7.15. The van der Waals surface area contributed by atoms with Gasteiger partial charge in [0.2, 0.25) is 5.89 Å². The van der Waals surface area contributed by atoms with Gasteiger partial charge in [-0.1, -0.05) is 38.1 Å². The van der Waals surface area contributed by atoms with Gasteiger partial charge in [-0.2, -0.15) is 0 Å². The monoisotopic (exact) mass is 417 g/mol. The van der Waals surface area contributed by atoms with E-state index in [0.717, 1.165) is 17.7 Å². The number of furan rings is 1. The van der Waals surface area contributed by atoms with Crippen LogP contribution in [0.3, 0.4) is 0 Å². The fourth-order valence-corrected chi connectivity index (χ4v) is 3.15. The summed E-state index contributed by atoms with van der Waals surface area (Å²) >= 11 is 0. The molecule has 0 aliphatic carbocycles. The lowest BCUT2D eigenvalue weighted by atomic mass is 9.98. The van der Waals surface area contributed by atoms with Gasteiger partial charge in [0.05, 0.1) is 6.26 Å². The van der Waals surface area contributed by atoms with E-state index in [1.807, 2.05) is 30.3 Å². The fraction of sp³-hybridized carbons (Fsp3) is 0.208. The molecule has 0 radical (unpaired) electrons. The van der Waals surface area contributed by atoms with Gasteiger partial charge in [0.25, 0.3) is 11.8 Å². The van der Waals surface area contributed by atoms with Crippen molar-refractivity contribution in [2.24, 2.45) is 0 Å². The highest BCUT2D eigenvalue weighted by Crippen LogP contribution is 2.29. The number of hydrogen-bond acceptors (Lipinski definition) is 6. The van der Waals surface area contributed by atoms with E-state index in [1.54, 1.807) is 36.6 Å². The molecule has 4 aromatic rings. The second-order valence-corrected chi connectivity index (χ2v) is 7.15. The lowest BCUT2D eigenvalue weighted by Gasteiger charge is -2.15. The molecule has 0 saturated carbocycles. The Balaban J connectivity index is 1.41. The Morgan fingerprint density at radius 3 is 2.71 bits per heavy atom. The molecule has 0 spiro atoms. The molecular formula is C24H23N3O4. The first-order valence-corrected chi connectivity index (χ1v) is 10.1. The number of hydrogen-bond donors (Lipinski definition) is 1. The largest absolute Gasteiger partial charge is 0.483 e. The molecule has 2 heterocycles. The molecule has 0 saturated heterocycles. The number of carbonyl (C=O) groups excluding carboxylic acids is 1. The number of nitrogens with one attached hydrogen (secondary N) is 1. The molecule has 1 atom stereocenters. The molecule has 158 valence electrons. The number of aromatic nitrogens is 2. The average Bonchev–Trinajstić information content (AvgIpc) is 3.49. The van der Waals surface area contributed by atoms with Gasteiger partial charge in [-0.05, 0) is 54.3 Å². The predicted molar refractivity (Wildman–Crippen MR) is 117 cm³/mol. The molecule has 2 aromatic heterocycles.